The number of carbonyl (C=O) groups excluding carboxylic acids is 1. The molecule has 1 unspecified atom stereocenters. The fraction of sp³-hybridized carbons (Fsp3) is 0.471. The Labute approximate surface area is 150 Å². The van der Waals surface area contributed by atoms with Gasteiger partial charge in [0, 0.05) is 33.7 Å². The average Bonchev–Trinajstić information content (AvgIpc) is 3.06. The summed E-state index contributed by atoms with van der Waals surface area (Å²) in [5.74, 6) is -0.356. The summed E-state index contributed by atoms with van der Waals surface area (Å²) in [7, 11) is -3.35. The van der Waals surface area contributed by atoms with E-state index in [1.165, 1.54) is 11.3 Å². The first-order chi connectivity index (χ1) is 11.2. The van der Waals surface area contributed by atoms with Crippen molar-refractivity contribution >= 4 is 38.6 Å². The lowest BCUT2D eigenvalue weighted by Crippen LogP contribution is -2.39. The molecule has 1 atom stereocenters. The Morgan fingerprint density at radius 3 is 2.67 bits per heavy atom. The van der Waals surface area contributed by atoms with Gasteiger partial charge in [0.1, 0.15) is 0 Å². The topological polar surface area (TPSA) is 63.2 Å². The highest BCUT2D eigenvalue weighted by molar-refractivity contribution is 7.95. The van der Waals surface area contributed by atoms with Crippen LogP contribution in [-0.4, -0.2) is 20.0 Å². The van der Waals surface area contributed by atoms with Crippen LogP contribution in [0, 0.1) is 5.41 Å². The van der Waals surface area contributed by atoms with Crippen LogP contribution in [0.4, 0.5) is 0 Å². The molecular formula is C17H18ClNO3S2. The first-order valence-electron chi connectivity index (χ1n) is 7.96. The highest BCUT2D eigenvalue weighted by atomic mass is 35.5. The lowest BCUT2D eigenvalue weighted by molar-refractivity contribution is -0.124. The number of rotatable bonds is 1. The first kappa shape index (κ1) is 16.4. The lowest BCUT2D eigenvalue weighted by Gasteiger charge is -2.38. The molecule has 4 nitrogen and oxygen atoms in total. The number of sulfone groups is 1. The summed E-state index contributed by atoms with van der Waals surface area (Å²) in [5, 5.41) is 3.28. The van der Waals surface area contributed by atoms with Gasteiger partial charge in [-0.2, -0.15) is 0 Å². The van der Waals surface area contributed by atoms with Gasteiger partial charge in [-0.25, -0.2) is 8.42 Å². The second kappa shape index (κ2) is 5.19. The maximum absolute atomic E-state index is 13.1. The quantitative estimate of drug-likeness (QED) is 0.801. The number of thiophene rings is 1. The molecule has 1 aromatic heterocycles. The molecule has 0 amide bonds. The maximum Gasteiger partial charge on any atom is 0.177 e. The van der Waals surface area contributed by atoms with Crippen LogP contribution in [0.1, 0.15) is 43.9 Å². The third kappa shape index (κ3) is 2.30. The molecule has 0 radical (unpaired) electrons. The Hall–Kier alpha value is -1.11. The predicted octanol–water partition coefficient (Wildman–Crippen LogP) is 3.76. The summed E-state index contributed by atoms with van der Waals surface area (Å²) in [6.45, 7) is 3.87. The Morgan fingerprint density at radius 1 is 1.25 bits per heavy atom. The molecule has 0 bridgehead atoms. The van der Waals surface area contributed by atoms with Crippen LogP contribution in [0.3, 0.4) is 0 Å². The second-order valence-corrected chi connectivity index (χ2v) is 11.0. The van der Waals surface area contributed by atoms with Crippen LogP contribution in [0.2, 0.25) is 4.34 Å². The molecule has 2 aliphatic heterocycles. The molecule has 1 aliphatic carbocycles. The van der Waals surface area contributed by atoms with Crippen molar-refractivity contribution in [2.45, 2.75) is 39.0 Å². The molecular weight excluding hydrogens is 366 g/mol. The highest BCUT2D eigenvalue weighted by Crippen LogP contribution is 2.51. The van der Waals surface area contributed by atoms with Crippen molar-refractivity contribution in [3.05, 3.63) is 43.2 Å². The van der Waals surface area contributed by atoms with Crippen molar-refractivity contribution in [3.63, 3.8) is 0 Å². The summed E-state index contributed by atoms with van der Waals surface area (Å²) in [6.07, 6.45) is 2.02. The van der Waals surface area contributed by atoms with Crippen LogP contribution in [0.5, 0.6) is 0 Å². The Kier molecular flexibility index (Phi) is 3.54. The summed E-state index contributed by atoms with van der Waals surface area (Å²) in [4.78, 5) is 14.3. The molecule has 7 heteroatoms. The molecule has 0 saturated carbocycles. The van der Waals surface area contributed by atoms with Crippen molar-refractivity contribution in [1.82, 2.24) is 5.32 Å². The van der Waals surface area contributed by atoms with Crippen molar-refractivity contribution < 1.29 is 13.2 Å². The normalized spacial score (nSPS) is 27.8. The van der Waals surface area contributed by atoms with Crippen molar-refractivity contribution in [1.29, 1.82) is 0 Å². The second-order valence-electron chi connectivity index (χ2n) is 7.22. The SMILES string of the molecule is CC1(C)CCC2=C(C1=O)C(c1ccc(Cl)s1)C1=C(CCS1(=O)=O)N2. The first-order valence-corrected chi connectivity index (χ1v) is 10.8. The Bertz CT molecular complexity index is 921. The van der Waals surface area contributed by atoms with E-state index in [0.29, 0.717) is 21.2 Å². The van der Waals surface area contributed by atoms with E-state index >= 15 is 0 Å². The van der Waals surface area contributed by atoms with E-state index in [9.17, 15) is 13.2 Å². The number of allylic oxidation sites excluding steroid dienone is 4. The summed E-state index contributed by atoms with van der Waals surface area (Å²) >= 11 is 7.45. The van der Waals surface area contributed by atoms with Crippen LogP contribution in [0.25, 0.3) is 0 Å². The standard InChI is InChI=1S/C17H18ClNO3S2/c1-17(2)7-5-9-13(16(17)20)14(11-3-4-12(18)23-11)15-10(19-9)6-8-24(15,21)22/h3-4,14,19H,5-8H2,1-2H3. The van der Waals surface area contributed by atoms with E-state index < -0.39 is 21.2 Å². The van der Waals surface area contributed by atoms with Gasteiger partial charge in [-0.3, -0.25) is 4.79 Å². The van der Waals surface area contributed by atoms with Crippen molar-refractivity contribution in [3.8, 4) is 0 Å². The van der Waals surface area contributed by atoms with Crippen molar-refractivity contribution in [2.75, 3.05) is 5.75 Å². The number of hydrogen-bond acceptors (Lipinski definition) is 5. The van der Waals surface area contributed by atoms with E-state index in [4.69, 9.17) is 11.6 Å². The van der Waals surface area contributed by atoms with E-state index in [0.717, 1.165) is 29.1 Å². The zero-order valence-corrected chi connectivity index (χ0v) is 15.9. The zero-order valence-electron chi connectivity index (χ0n) is 13.5. The highest BCUT2D eigenvalue weighted by Gasteiger charge is 2.48. The molecule has 4 rings (SSSR count). The van der Waals surface area contributed by atoms with E-state index in [-0.39, 0.29) is 11.5 Å². The minimum atomic E-state index is -3.35. The third-order valence-electron chi connectivity index (χ3n) is 5.17. The third-order valence-corrected chi connectivity index (χ3v) is 8.36. The summed E-state index contributed by atoms with van der Waals surface area (Å²) in [5.41, 5.74) is 1.80. The van der Waals surface area contributed by atoms with Crippen molar-refractivity contribution in [2.24, 2.45) is 5.41 Å². The van der Waals surface area contributed by atoms with Crippen LogP contribution in [-0.2, 0) is 14.6 Å². The maximum atomic E-state index is 13.1. The van der Waals surface area contributed by atoms with Gasteiger partial charge in [0.15, 0.2) is 15.6 Å². The molecule has 128 valence electrons. The molecule has 3 heterocycles. The number of hydrogen-bond donors (Lipinski definition) is 1. The van der Waals surface area contributed by atoms with Gasteiger partial charge in [-0.05, 0) is 25.0 Å². The number of nitrogens with one attached hydrogen (secondary N) is 1. The number of carbonyl (C=O) groups is 1. The van der Waals surface area contributed by atoms with Crippen LogP contribution >= 0.6 is 22.9 Å². The van der Waals surface area contributed by atoms with Gasteiger partial charge in [0.2, 0.25) is 0 Å². The minimum absolute atomic E-state index is 0.0411. The molecule has 0 fully saturated rings. The van der Waals surface area contributed by atoms with Gasteiger partial charge in [0.25, 0.3) is 0 Å². The molecule has 3 aliphatic rings. The van der Waals surface area contributed by atoms with Gasteiger partial charge in [0.05, 0.1) is 20.9 Å². The predicted molar refractivity (Wildman–Crippen MR) is 95.7 cm³/mol. The zero-order chi connectivity index (χ0) is 17.3. The molecule has 1 aromatic rings. The number of Topliss-reactive ketones (excluding diaryl/α,β-unsaturated/α-hetero) is 1. The Balaban J connectivity index is 1.95. The average molecular weight is 384 g/mol. The molecule has 1 N–H and O–H groups in total. The van der Waals surface area contributed by atoms with Gasteiger partial charge in [-0.15, -0.1) is 11.3 Å². The van der Waals surface area contributed by atoms with Gasteiger partial charge >= 0.3 is 0 Å². The largest absolute Gasteiger partial charge is 0.361 e. The molecule has 0 aromatic carbocycles. The minimum Gasteiger partial charge on any atom is -0.361 e. The van der Waals surface area contributed by atoms with E-state index in [1.807, 2.05) is 19.9 Å². The molecule has 0 spiro atoms. The summed E-state index contributed by atoms with van der Waals surface area (Å²) < 4.78 is 25.9. The van der Waals surface area contributed by atoms with E-state index in [1.54, 1.807) is 6.07 Å². The fourth-order valence-electron chi connectivity index (χ4n) is 3.83. The monoisotopic (exact) mass is 383 g/mol. The smallest absolute Gasteiger partial charge is 0.177 e. The lowest BCUT2D eigenvalue weighted by atomic mass is 9.70. The Morgan fingerprint density at radius 2 is 2.00 bits per heavy atom. The number of dihydropyridines is 1. The molecule has 0 saturated heterocycles. The van der Waals surface area contributed by atoms with Crippen LogP contribution < -0.4 is 5.32 Å². The van der Waals surface area contributed by atoms with Gasteiger partial charge < -0.3 is 5.32 Å². The van der Waals surface area contributed by atoms with Crippen LogP contribution in [0.15, 0.2) is 34.0 Å². The number of ketones is 1. The van der Waals surface area contributed by atoms with E-state index in [2.05, 4.69) is 5.32 Å². The number of halogens is 1. The van der Waals surface area contributed by atoms with Gasteiger partial charge in [-0.1, -0.05) is 25.4 Å². The fourth-order valence-corrected chi connectivity index (χ4v) is 6.91. The summed E-state index contributed by atoms with van der Waals surface area (Å²) in [6, 6.07) is 3.62. The molecule has 24 heavy (non-hydrogen) atoms.